The number of esters is 6. The maximum absolute atomic E-state index is 12.7. The fourth-order valence-electron chi connectivity index (χ4n) is 10.2. The highest BCUT2D eigenvalue weighted by Crippen LogP contribution is 2.40. The van der Waals surface area contributed by atoms with Gasteiger partial charge in [-0.15, -0.1) is 0 Å². The normalized spacial score (nSPS) is 10.6. The number of hydrogen-bond donors (Lipinski definition) is 0. The highest BCUT2D eigenvalue weighted by atomic mass is 16.5. The first-order valence-electron chi connectivity index (χ1n) is 28.5. The molecule has 1 aliphatic rings. The van der Waals surface area contributed by atoms with E-state index in [1.807, 2.05) is 127 Å². The Bertz CT molecular complexity index is 3940. The molecular formula is C79H56O12. The van der Waals surface area contributed by atoms with Gasteiger partial charge >= 0.3 is 35.8 Å². The molecule has 0 aliphatic heterocycles. The average Bonchev–Trinajstić information content (AvgIpc) is 0.853. The molecule has 12 nitrogen and oxygen atoms in total. The monoisotopic (exact) mass is 1200 g/mol. The van der Waals surface area contributed by atoms with Crippen molar-refractivity contribution in [1.29, 1.82) is 0 Å². The lowest BCUT2D eigenvalue weighted by Crippen LogP contribution is -2.01. The Labute approximate surface area is 527 Å². The lowest BCUT2D eigenvalue weighted by molar-refractivity contribution is 0.0592. The van der Waals surface area contributed by atoms with Gasteiger partial charge in [0.05, 0.1) is 76.0 Å². The minimum absolute atomic E-state index is 0.355. The zero-order valence-corrected chi connectivity index (χ0v) is 50.6. The summed E-state index contributed by atoms with van der Waals surface area (Å²) in [7, 11) is 7.93. The van der Waals surface area contributed by atoms with Gasteiger partial charge in [0, 0.05) is 33.4 Å². The summed E-state index contributed by atoms with van der Waals surface area (Å²) in [6, 6.07) is 64.1. The van der Waals surface area contributed by atoms with E-state index in [4.69, 9.17) is 28.4 Å². The van der Waals surface area contributed by atoms with Crippen LogP contribution >= 0.6 is 0 Å². The van der Waals surface area contributed by atoms with Crippen molar-refractivity contribution in [3.63, 3.8) is 0 Å². The Morgan fingerprint density at radius 2 is 0.385 bits per heavy atom. The van der Waals surface area contributed by atoms with E-state index in [2.05, 4.69) is 54.6 Å². The molecule has 0 fully saturated rings. The highest BCUT2D eigenvalue weighted by molar-refractivity contribution is 5.97. The second-order valence-electron chi connectivity index (χ2n) is 20.6. The molecule has 0 heterocycles. The molecule has 0 atom stereocenters. The molecule has 0 saturated heterocycles. The molecular weight excluding hydrogens is 1140 g/mol. The van der Waals surface area contributed by atoms with E-state index in [0.29, 0.717) is 66.8 Å². The molecule has 10 aromatic rings. The number of rotatable bonds is 12. The Kier molecular flexibility index (Phi) is 19.0. The second-order valence-corrected chi connectivity index (χ2v) is 20.6. The first-order chi connectivity index (χ1) is 44.2. The number of carbonyl (C=O) groups excluding carboxylic acids is 6. The van der Waals surface area contributed by atoms with Gasteiger partial charge in [0.25, 0.3) is 0 Å². The molecule has 10 aromatic carbocycles. The number of hydrogen-bond acceptors (Lipinski definition) is 12. The van der Waals surface area contributed by atoms with Crippen LogP contribution in [0.5, 0.6) is 0 Å². The van der Waals surface area contributed by atoms with Crippen molar-refractivity contribution in [3.05, 3.63) is 285 Å². The van der Waals surface area contributed by atoms with Crippen LogP contribution in [0.25, 0.3) is 66.8 Å². The number of benzene rings is 10. The van der Waals surface area contributed by atoms with Crippen LogP contribution in [0, 0.1) is 42.4 Å². The van der Waals surface area contributed by atoms with Crippen molar-refractivity contribution >= 4 is 35.8 Å². The van der Waals surface area contributed by atoms with Crippen LogP contribution in [0.2, 0.25) is 0 Å². The number of carbonyl (C=O) groups is 6. The van der Waals surface area contributed by atoms with Gasteiger partial charge < -0.3 is 28.4 Å². The standard InChI is InChI=1S/C72H48O12.C7H8/c1-79-67(73)49-19-7-43(8-20-49)61-37-55-31-32-57-39-63(45-11-23-51(24-12-45)69(75)81-3)65(47-15-27-53(28-16-47)71(77)83-5)41-59(57)35-36-60-42-66(48-17-29-54(30-18-48)72(78)84-6)64(46-13-25-52(26-14-46)70(76)82-4)40-58(60)34-33-56(55)38-62(61)44-9-21-50(22-10-44)68(74)80-2;1-7-5-3-2-4-6-7/h7-30,37-42H,1-6H3;2-6H,1H3. The van der Waals surface area contributed by atoms with Crippen LogP contribution in [0.3, 0.4) is 0 Å². The second kappa shape index (κ2) is 28.0. The summed E-state index contributed by atoms with van der Waals surface area (Å²) >= 11 is 0. The smallest absolute Gasteiger partial charge is 0.337 e. The Morgan fingerprint density at radius 3 is 0.505 bits per heavy atom. The summed E-state index contributed by atoms with van der Waals surface area (Å²) in [5.41, 5.74) is 15.5. The molecule has 0 spiro atoms. The van der Waals surface area contributed by atoms with E-state index in [-0.39, 0.29) is 0 Å². The third-order valence-corrected chi connectivity index (χ3v) is 15.1. The number of fused-ring (bicyclic) bond motifs is 3. The maximum Gasteiger partial charge on any atom is 0.337 e. The Balaban J connectivity index is 0.00000122. The van der Waals surface area contributed by atoms with Crippen LogP contribution in [0.1, 0.15) is 101 Å². The van der Waals surface area contributed by atoms with Crippen LogP contribution < -0.4 is 0 Å². The molecule has 0 aromatic heterocycles. The zero-order valence-electron chi connectivity index (χ0n) is 50.6. The fourth-order valence-corrected chi connectivity index (χ4v) is 10.2. The lowest BCUT2D eigenvalue weighted by Gasteiger charge is -2.16. The summed E-state index contributed by atoms with van der Waals surface area (Å²) in [5.74, 6) is 17.9. The molecule has 0 saturated carbocycles. The molecule has 0 radical (unpaired) electrons. The topological polar surface area (TPSA) is 158 Å². The summed E-state index contributed by atoms with van der Waals surface area (Å²) in [5, 5.41) is 0. The van der Waals surface area contributed by atoms with Gasteiger partial charge in [-0.2, -0.15) is 0 Å². The molecule has 1 aliphatic carbocycles. The van der Waals surface area contributed by atoms with Crippen molar-refractivity contribution in [2.75, 3.05) is 42.7 Å². The maximum atomic E-state index is 12.7. The number of methoxy groups -OCH3 is 6. The van der Waals surface area contributed by atoms with Gasteiger partial charge in [0.2, 0.25) is 0 Å². The van der Waals surface area contributed by atoms with Gasteiger partial charge in [0.15, 0.2) is 0 Å². The third-order valence-electron chi connectivity index (χ3n) is 15.1. The molecule has 444 valence electrons. The van der Waals surface area contributed by atoms with Crippen molar-refractivity contribution in [3.8, 4) is 102 Å². The minimum atomic E-state index is -0.495. The van der Waals surface area contributed by atoms with E-state index in [0.717, 1.165) is 66.8 Å². The SMILES string of the molecule is COC(=O)c1ccc(-c2cc3c(cc2-c2ccc(C(=O)OC)cc2)C#Cc2cc(-c4ccc(C(=O)OC)cc4)c(-c4ccc(C(=O)OC)cc4)cc2C#Cc2cc(-c4ccc(C(=O)OC)cc4)c(-c4ccc(C(=O)OC)cc4)cc2C#C3)cc1.Cc1ccccc1. The van der Waals surface area contributed by atoms with Crippen molar-refractivity contribution < 1.29 is 57.2 Å². The first-order valence-corrected chi connectivity index (χ1v) is 28.5. The first kappa shape index (κ1) is 61.8. The number of ether oxygens (including phenoxy) is 6. The largest absolute Gasteiger partial charge is 0.465 e. The Hall–Kier alpha value is -12.3. The predicted molar refractivity (Wildman–Crippen MR) is 349 cm³/mol. The molecule has 91 heavy (non-hydrogen) atoms. The molecule has 0 N–H and O–H groups in total. The van der Waals surface area contributed by atoms with Crippen LogP contribution in [-0.4, -0.2) is 78.5 Å². The van der Waals surface area contributed by atoms with Crippen LogP contribution in [0.4, 0.5) is 0 Å². The molecule has 12 heteroatoms. The molecule has 0 bridgehead atoms. The van der Waals surface area contributed by atoms with Crippen molar-refractivity contribution in [1.82, 2.24) is 0 Å². The van der Waals surface area contributed by atoms with Gasteiger partial charge in [-0.1, -0.05) is 144 Å². The third kappa shape index (κ3) is 13.9. The Morgan fingerprint density at radius 1 is 0.231 bits per heavy atom. The van der Waals surface area contributed by atoms with E-state index in [9.17, 15) is 28.8 Å². The quantitative estimate of drug-likeness (QED) is 0.0649. The van der Waals surface area contributed by atoms with E-state index in [1.54, 1.807) is 72.8 Å². The number of aryl methyl sites for hydroxylation is 1. The summed E-state index contributed by atoms with van der Waals surface area (Å²) < 4.78 is 30.1. The minimum Gasteiger partial charge on any atom is -0.465 e. The zero-order chi connectivity index (χ0) is 64.1. The predicted octanol–water partition coefficient (Wildman–Crippen LogP) is 14.9. The highest BCUT2D eigenvalue weighted by Gasteiger charge is 2.20. The molecule has 0 amide bonds. The van der Waals surface area contributed by atoms with Crippen molar-refractivity contribution in [2.24, 2.45) is 0 Å². The van der Waals surface area contributed by atoms with Crippen LogP contribution in [-0.2, 0) is 28.4 Å². The fraction of sp³-hybridized carbons (Fsp3) is 0.0886. The molecule has 0 unspecified atom stereocenters. The van der Waals surface area contributed by atoms with Gasteiger partial charge in [-0.3, -0.25) is 0 Å². The summed E-state index contributed by atoms with van der Waals surface area (Å²) in [4.78, 5) is 76.0. The summed E-state index contributed by atoms with van der Waals surface area (Å²) in [6.45, 7) is 2.08. The van der Waals surface area contributed by atoms with Gasteiger partial charge in [-0.25, -0.2) is 28.8 Å². The van der Waals surface area contributed by atoms with E-state index in [1.165, 1.54) is 48.2 Å². The van der Waals surface area contributed by atoms with Gasteiger partial charge in [-0.05, 0) is 183 Å². The molecule has 11 rings (SSSR count). The average molecular weight is 1200 g/mol. The lowest BCUT2D eigenvalue weighted by atomic mass is 9.87. The van der Waals surface area contributed by atoms with Crippen molar-refractivity contribution in [2.45, 2.75) is 6.92 Å². The van der Waals surface area contributed by atoms with Gasteiger partial charge in [0.1, 0.15) is 0 Å². The van der Waals surface area contributed by atoms with E-state index >= 15 is 0 Å². The van der Waals surface area contributed by atoms with E-state index < -0.39 is 35.8 Å². The summed E-state index contributed by atoms with van der Waals surface area (Å²) in [6.07, 6.45) is 0. The van der Waals surface area contributed by atoms with Crippen LogP contribution in [0.15, 0.2) is 212 Å².